The van der Waals surface area contributed by atoms with Gasteiger partial charge in [-0.25, -0.2) is 0 Å². The zero-order chi connectivity index (χ0) is 8.72. The summed E-state index contributed by atoms with van der Waals surface area (Å²) < 4.78 is 0. The highest BCUT2D eigenvalue weighted by Crippen LogP contribution is 2.40. The van der Waals surface area contributed by atoms with Gasteiger partial charge in [-0.1, -0.05) is 11.8 Å². The van der Waals surface area contributed by atoms with Crippen LogP contribution in [0.1, 0.15) is 20.0 Å². The lowest BCUT2D eigenvalue weighted by atomic mass is 10.2. The number of aldehydes is 1. The molecule has 0 saturated carbocycles. The molecule has 12 heavy (non-hydrogen) atoms. The lowest BCUT2D eigenvalue weighted by molar-refractivity contribution is 0.0872. The van der Waals surface area contributed by atoms with Gasteiger partial charge in [0.2, 0.25) is 5.78 Å². The van der Waals surface area contributed by atoms with Gasteiger partial charge in [0.05, 0.1) is 10.4 Å². The van der Waals surface area contributed by atoms with Crippen molar-refractivity contribution < 1.29 is 14.7 Å². The predicted molar refractivity (Wildman–Crippen MR) is 45.9 cm³/mol. The molecule has 1 aromatic heterocycles. The molecule has 3 nitrogen and oxygen atoms in total. The first-order chi connectivity index (χ1) is 5.74. The highest BCUT2D eigenvalue weighted by molar-refractivity contribution is 8.01. The molecule has 1 aliphatic heterocycles. The Morgan fingerprint density at radius 2 is 2.33 bits per heavy atom. The van der Waals surface area contributed by atoms with Gasteiger partial charge in [0.25, 0.3) is 0 Å². The third kappa shape index (κ3) is 0.939. The van der Waals surface area contributed by atoms with E-state index in [1.54, 1.807) is 5.38 Å². The number of Topliss-reactive ketones (excluding diaryl/α,β-unsaturated/α-hetero) is 1. The fraction of sp³-hybridized carbons (Fsp3) is 0.143. The molecular formula is C7H4O3S2. The molecule has 1 N–H and O–H groups in total. The first-order valence-corrected chi connectivity index (χ1v) is 4.95. The SMILES string of the molecule is O=Cc1scc2c1C(=O)C(O)S2. The normalized spacial score (nSPS) is 21.1. The van der Waals surface area contributed by atoms with Crippen molar-refractivity contribution in [1.82, 2.24) is 0 Å². The van der Waals surface area contributed by atoms with Crippen LogP contribution in [0.15, 0.2) is 10.3 Å². The topological polar surface area (TPSA) is 54.4 Å². The Morgan fingerprint density at radius 3 is 3.00 bits per heavy atom. The van der Waals surface area contributed by atoms with E-state index in [1.807, 2.05) is 0 Å². The molecule has 2 rings (SSSR count). The van der Waals surface area contributed by atoms with Crippen LogP contribution in [0.25, 0.3) is 0 Å². The highest BCUT2D eigenvalue weighted by Gasteiger charge is 2.33. The second-order valence-electron chi connectivity index (χ2n) is 2.29. The van der Waals surface area contributed by atoms with Crippen molar-refractivity contribution in [2.75, 3.05) is 0 Å². The van der Waals surface area contributed by atoms with E-state index in [1.165, 1.54) is 11.3 Å². The van der Waals surface area contributed by atoms with Crippen molar-refractivity contribution in [3.05, 3.63) is 15.8 Å². The summed E-state index contributed by atoms with van der Waals surface area (Å²) in [6.45, 7) is 0. The number of aliphatic hydroxyl groups excluding tert-OH is 1. The van der Waals surface area contributed by atoms with Crippen LogP contribution in [0.2, 0.25) is 0 Å². The van der Waals surface area contributed by atoms with E-state index in [2.05, 4.69) is 0 Å². The van der Waals surface area contributed by atoms with Crippen molar-refractivity contribution in [2.45, 2.75) is 10.3 Å². The van der Waals surface area contributed by atoms with Crippen molar-refractivity contribution in [2.24, 2.45) is 0 Å². The highest BCUT2D eigenvalue weighted by atomic mass is 32.2. The quantitative estimate of drug-likeness (QED) is 0.691. The van der Waals surface area contributed by atoms with Gasteiger partial charge in [0.1, 0.15) is 0 Å². The van der Waals surface area contributed by atoms with Crippen LogP contribution < -0.4 is 0 Å². The molecule has 0 amide bonds. The maximum atomic E-state index is 11.2. The minimum Gasteiger partial charge on any atom is -0.374 e. The molecule has 5 heteroatoms. The molecule has 0 bridgehead atoms. The summed E-state index contributed by atoms with van der Waals surface area (Å²) in [5.41, 5.74) is -0.616. The van der Waals surface area contributed by atoms with Crippen LogP contribution in [0.4, 0.5) is 0 Å². The van der Waals surface area contributed by atoms with Gasteiger partial charge in [-0.05, 0) is 0 Å². The van der Waals surface area contributed by atoms with E-state index < -0.39 is 5.44 Å². The molecule has 1 atom stereocenters. The number of hydrogen-bond acceptors (Lipinski definition) is 5. The molecule has 0 radical (unpaired) electrons. The summed E-state index contributed by atoms with van der Waals surface area (Å²) in [6.07, 6.45) is 0.653. The number of ketones is 1. The molecule has 0 fully saturated rings. The van der Waals surface area contributed by atoms with Crippen LogP contribution in [0.5, 0.6) is 0 Å². The number of aliphatic hydroxyl groups is 1. The fourth-order valence-electron chi connectivity index (χ4n) is 1.07. The molecular weight excluding hydrogens is 196 g/mol. The number of carbonyl (C=O) groups is 2. The Morgan fingerprint density at radius 1 is 1.58 bits per heavy atom. The summed E-state index contributed by atoms with van der Waals surface area (Å²) in [5.74, 6) is -0.349. The van der Waals surface area contributed by atoms with Crippen LogP contribution >= 0.6 is 23.1 Å². The molecule has 0 saturated heterocycles. The minimum atomic E-state index is -1.01. The Balaban J connectivity index is 2.58. The monoisotopic (exact) mass is 200 g/mol. The Bertz CT molecular complexity index is 356. The van der Waals surface area contributed by atoms with Gasteiger partial charge in [-0.2, -0.15) is 0 Å². The lowest BCUT2D eigenvalue weighted by Crippen LogP contribution is -2.10. The third-order valence-corrected chi connectivity index (χ3v) is 3.67. The molecule has 0 spiro atoms. The molecule has 0 aliphatic carbocycles. The Labute approximate surface area is 76.4 Å². The Hall–Kier alpha value is -0.650. The smallest absolute Gasteiger partial charge is 0.204 e. The van der Waals surface area contributed by atoms with E-state index in [4.69, 9.17) is 5.11 Å². The summed E-state index contributed by atoms with van der Waals surface area (Å²) in [6, 6.07) is 0. The van der Waals surface area contributed by atoms with Crippen molar-refractivity contribution in [3.63, 3.8) is 0 Å². The molecule has 2 heterocycles. The number of rotatable bonds is 1. The average molecular weight is 200 g/mol. The minimum absolute atomic E-state index is 0.349. The summed E-state index contributed by atoms with van der Waals surface area (Å²) in [7, 11) is 0. The number of thiophene rings is 1. The van der Waals surface area contributed by atoms with Crippen molar-refractivity contribution >= 4 is 35.2 Å². The number of fused-ring (bicyclic) bond motifs is 1. The summed E-state index contributed by atoms with van der Waals surface area (Å²) in [5, 5.41) is 10.9. The van der Waals surface area contributed by atoms with E-state index >= 15 is 0 Å². The summed E-state index contributed by atoms with van der Waals surface area (Å²) >= 11 is 2.33. The van der Waals surface area contributed by atoms with Gasteiger partial charge >= 0.3 is 0 Å². The second-order valence-corrected chi connectivity index (χ2v) is 4.32. The predicted octanol–water partition coefficient (Wildman–Crippen LogP) is 1.17. The Kier molecular flexibility index (Phi) is 1.79. The van der Waals surface area contributed by atoms with Crippen LogP contribution in [-0.4, -0.2) is 22.6 Å². The van der Waals surface area contributed by atoms with E-state index in [0.717, 1.165) is 16.7 Å². The van der Waals surface area contributed by atoms with Gasteiger partial charge in [0, 0.05) is 10.3 Å². The molecule has 1 aromatic rings. The van der Waals surface area contributed by atoms with Gasteiger partial charge < -0.3 is 5.11 Å². The zero-order valence-corrected chi connectivity index (χ0v) is 7.45. The number of thioether (sulfide) groups is 1. The van der Waals surface area contributed by atoms with E-state index in [9.17, 15) is 9.59 Å². The van der Waals surface area contributed by atoms with Gasteiger partial charge in [-0.3, -0.25) is 9.59 Å². The first kappa shape index (κ1) is 7.97. The standard InChI is InChI=1S/C7H4O3S2/c8-1-3-5-4(2-11-3)12-7(10)6(5)9/h1-2,7,10H. The van der Waals surface area contributed by atoms with Crippen molar-refractivity contribution in [1.29, 1.82) is 0 Å². The third-order valence-electron chi connectivity index (χ3n) is 1.60. The largest absolute Gasteiger partial charge is 0.374 e. The van der Waals surface area contributed by atoms with Gasteiger partial charge in [-0.15, -0.1) is 11.3 Å². The summed E-state index contributed by atoms with van der Waals surface area (Å²) in [4.78, 5) is 22.8. The number of carbonyl (C=O) groups excluding carboxylic acids is 2. The van der Waals surface area contributed by atoms with Crippen LogP contribution in [0.3, 0.4) is 0 Å². The molecule has 1 unspecified atom stereocenters. The van der Waals surface area contributed by atoms with E-state index in [-0.39, 0.29) is 5.78 Å². The molecule has 1 aliphatic rings. The molecule has 0 aromatic carbocycles. The van der Waals surface area contributed by atoms with E-state index in [0.29, 0.717) is 16.7 Å². The maximum absolute atomic E-state index is 11.2. The number of hydrogen-bond donors (Lipinski definition) is 1. The second kappa shape index (κ2) is 2.69. The first-order valence-electron chi connectivity index (χ1n) is 3.19. The zero-order valence-electron chi connectivity index (χ0n) is 5.81. The lowest BCUT2D eigenvalue weighted by Gasteiger charge is -1.94. The average Bonchev–Trinajstić information content (AvgIpc) is 2.55. The van der Waals surface area contributed by atoms with Gasteiger partial charge in [0.15, 0.2) is 11.7 Å². The molecule has 62 valence electrons. The fourth-order valence-corrected chi connectivity index (χ4v) is 3.03. The van der Waals surface area contributed by atoms with Crippen molar-refractivity contribution in [3.8, 4) is 0 Å². The van der Waals surface area contributed by atoms with Crippen LogP contribution in [-0.2, 0) is 0 Å². The maximum Gasteiger partial charge on any atom is 0.204 e. The van der Waals surface area contributed by atoms with Crippen LogP contribution in [0, 0.1) is 0 Å².